The molecule has 0 heterocycles. The molecule has 0 saturated heterocycles. The van der Waals surface area contributed by atoms with Crippen molar-refractivity contribution < 1.29 is 9.90 Å². The molecule has 0 aliphatic rings. The molecule has 2 rings (SSSR count). The number of carbonyl (C=O) groups is 1. The van der Waals surface area contributed by atoms with Crippen LogP contribution in [-0.4, -0.2) is 16.1 Å². The topological polar surface area (TPSA) is 61.4 Å². The predicted molar refractivity (Wildman–Crippen MR) is 88.0 cm³/mol. The van der Waals surface area contributed by atoms with Crippen molar-refractivity contribution in [2.24, 2.45) is 0 Å². The van der Waals surface area contributed by atoms with Crippen molar-refractivity contribution in [2.45, 2.75) is 6.92 Å². The van der Waals surface area contributed by atoms with Crippen LogP contribution in [0.3, 0.4) is 0 Å². The highest BCUT2D eigenvalue weighted by atomic mass is 35.5. The maximum atomic E-state index is 12.0. The molecule has 0 aliphatic heterocycles. The number of phenolic OH excluding ortho intramolecular Hbond substituents is 1. The van der Waals surface area contributed by atoms with E-state index in [0.29, 0.717) is 16.3 Å². The number of hydrogen-bond acceptors (Lipinski definition) is 3. The van der Waals surface area contributed by atoms with Crippen molar-refractivity contribution >= 4 is 40.5 Å². The zero-order valence-electron chi connectivity index (χ0n) is 11.2. The van der Waals surface area contributed by atoms with E-state index in [2.05, 4.69) is 10.6 Å². The van der Waals surface area contributed by atoms with Crippen LogP contribution in [0.5, 0.6) is 5.75 Å². The van der Waals surface area contributed by atoms with E-state index in [-0.39, 0.29) is 10.9 Å². The molecule has 0 aromatic heterocycles. The number of thiocarbonyl (C=S) groups is 1. The van der Waals surface area contributed by atoms with Gasteiger partial charge in [-0.05, 0) is 49.0 Å². The third kappa shape index (κ3) is 3.93. The smallest absolute Gasteiger partial charge is 0.258 e. The van der Waals surface area contributed by atoms with E-state index in [1.165, 1.54) is 0 Å². The molecule has 1 amide bonds. The van der Waals surface area contributed by atoms with Crippen LogP contribution >= 0.6 is 23.8 Å². The second-order valence-electron chi connectivity index (χ2n) is 4.41. The maximum absolute atomic E-state index is 12.0. The van der Waals surface area contributed by atoms with Gasteiger partial charge < -0.3 is 10.4 Å². The van der Waals surface area contributed by atoms with Gasteiger partial charge in [-0.1, -0.05) is 29.8 Å². The summed E-state index contributed by atoms with van der Waals surface area (Å²) in [7, 11) is 0. The lowest BCUT2D eigenvalue weighted by Crippen LogP contribution is -2.34. The van der Waals surface area contributed by atoms with E-state index in [1.807, 2.05) is 13.0 Å². The monoisotopic (exact) mass is 320 g/mol. The molecular formula is C15H13ClN2O2S. The van der Waals surface area contributed by atoms with Crippen LogP contribution < -0.4 is 10.6 Å². The van der Waals surface area contributed by atoms with Gasteiger partial charge in [0.05, 0.1) is 16.3 Å². The molecule has 0 bridgehead atoms. The first-order valence-corrected chi connectivity index (χ1v) is 6.92. The minimum atomic E-state index is -0.412. The van der Waals surface area contributed by atoms with Gasteiger partial charge in [0.2, 0.25) is 0 Å². The Labute approximate surface area is 132 Å². The first-order chi connectivity index (χ1) is 9.97. The third-order valence-corrected chi connectivity index (χ3v) is 3.28. The number of phenols is 1. The Balaban J connectivity index is 2.05. The molecule has 2 aromatic carbocycles. The molecule has 21 heavy (non-hydrogen) atoms. The van der Waals surface area contributed by atoms with E-state index >= 15 is 0 Å². The average Bonchev–Trinajstić information content (AvgIpc) is 2.42. The van der Waals surface area contributed by atoms with Crippen molar-refractivity contribution in [2.75, 3.05) is 5.32 Å². The predicted octanol–water partition coefficient (Wildman–Crippen LogP) is 3.48. The first-order valence-electron chi connectivity index (χ1n) is 6.14. The van der Waals surface area contributed by atoms with Gasteiger partial charge in [-0.2, -0.15) is 0 Å². The van der Waals surface area contributed by atoms with E-state index in [9.17, 15) is 9.90 Å². The second kappa shape index (κ2) is 6.56. The number of carbonyl (C=O) groups excluding carboxylic acids is 1. The molecule has 0 unspecified atom stereocenters. The zero-order chi connectivity index (χ0) is 15.4. The van der Waals surface area contributed by atoms with E-state index in [1.54, 1.807) is 36.4 Å². The van der Waals surface area contributed by atoms with Gasteiger partial charge in [-0.25, -0.2) is 0 Å². The van der Waals surface area contributed by atoms with Crippen molar-refractivity contribution in [1.82, 2.24) is 5.32 Å². The summed E-state index contributed by atoms with van der Waals surface area (Å²) >= 11 is 11.0. The zero-order valence-corrected chi connectivity index (χ0v) is 12.8. The molecule has 2 aromatic rings. The SMILES string of the molecule is Cc1ccc(NC(=S)NC(=O)c2ccccc2Cl)c(O)c1. The Morgan fingerprint density at radius 2 is 1.95 bits per heavy atom. The van der Waals surface area contributed by atoms with Gasteiger partial charge >= 0.3 is 0 Å². The van der Waals surface area contributed by atoms with Gasteiger partial charge in [0, 0.05) is 0 Å². The largest absolute Gasteiger partial charge is 0.506 e. The second-order valence-corrected chi connectivity index (χ2v) is 5.22. The average molecular weight is 321 g/mol. The van der Waals surface area contributed by atoms with Crippen LogP contribution in [0, 0.1) is 6.92 Å². The van der Waals surface area contributed by atoms with Crippen LogP contribution in [0.15, 0.2) is 42.5 Å². The molecule has 0 fully saturated rings. The van der Waals surface area contributed by atoms with Gasteiger partial charge in [-0.15, -0.1) is 0 Å². The number of aromatic hydroxyl groups is 1. The Morgan fingerprint density at radius 1 is 1.24 bits per heavy atom. The normalized spacial score (nSPS) is 10.0. The van der Waals surface area contributed by atoms with Gasteiger partial charge in [0.1, 0.15) is 5.75 Å². The fourth-order valence-electron chi connectivity index (χ4n) is 1.72. The third-order valence-electron chi connectivity index (χ3n) is 2.75. The Kier molecular flexibility index (Phi) is 4.77. The number of nitrogens with one attached hydrogen (secondary N) is 2. The number of hydrogen-bond donors (Lipinski definition) is 3. The number of benzene rings is 2. The lowest BCUT2D eigenvalue weighted by Gasteiger charge is -2.11. The van der Waals surface area contributed by atoms with E-state index in [4.69, 9.17) is 23.8 Å². The molecule has 0 radical (unpaired) electrons. The van der Waals surface area contributed by atoms with E-state index < -0.39 is 5.91 Å². The van der Waals surface area contributed by atoms with Gasteiger partial charge in [0.25, 0.3) is 5.91 Å². The van der Waals surface area contributed by atoms with E-state index in [0.717, 1.165) is 5.56 Å². The summed E-state index contributed by atoms with van der Waals surface area (Å²) in [6.07, 6.45) is 0. The van der Waals surface area contributed by atoms with Crippen LogP contribution in [0.4, 0.5) is 5.69 Å². The fourth-order valence-corrected chi connectivity index (χ4v) is 2.14. The summed E-state index contributed by atoms with van der Waals surface area (Å²) in [5.74, 6) is -0.353. The molecule has 0 spiro atoms. The van der Waals surface area contributed by atoms with Crippen LogP contribution in [0.1, 0.15) is 15.9 Å². The van der Waals surface area contributed by atoms with Gasteiger partial charge in [-0.3, -0.25) is 10.1 Å². The maximum Gasteiger partial charge on any atom is 0.258 e. The Hall–Kier alpha value is -2.11. The van der Waals surface area contributed by atoms with Crippen molar-refractivity contribution in [1.29, 1.82) is 0 Å². The summed E-state index contributed by atoms with van der Waals surface area (Å²) in [6, 6.07) is 11.8. The number of amides is 1. The molecule has 0 aliphatic carbocycles. The molecule has 0 saturated carbocycles. The molecule has 4 nitrogen and oxygen atoms in total. The Morgan fingerprint density at radius 3 is 2.62 bits per heavy atom. The number of rotatable bonds is 2. The molecule has 3 N–H and O–H groups in total. The first kappa shape index (κ1) is 15.3. The Bertz CT molecular complexity index is 704. The van der Waals surface area contributed by atoms with Crippen LogP contribution in [0.2, 0.25) is 5.02 Å². The number of aryl methyl sites for hydroxylation is 1. The summed E-state index contributed by atoms with van der Waals surface area (Å²) in [6.45, 7) is 1.86. The molecular weight excluding hydrogens is 308 g/mol. The molecule has 0 atom stereocenters. The summed E-state index contributed by atoms with van der Waals surface area (Å²) in [5.41, 5.74) is 1.67. The fraction of sp³-hybridized carbons (Fsp3) is 0.0667. The minimum Gasteiger partial charge on any atom is -0.506 e. The van der Waals surface area contributed by atoms with Crippen LogP contribution in [0.25, 0.3) is 0 Å². The van der Waals surface area contributed by atoms with Crippen molar-refractivity contribution in [3.05, 3.63) is 58.6 Å². The lowest BCUT2D eigenvalue weighted by molar-refractivity contribution is 0.0978. The summed E-state index contributed by atoms with van der Waals surface area (Å²) in [4.78, 5) is 12.0. The highest BCUT2D eigenvalue weighted by Gasteiger charge is 2.12. The summed E-state index contributed by atoms with van der Waals surface area (Å²) in [5, 5.41) is 15.5. The van der Waals surface area contributed by atoms with Crippen molar-refractivity contribution in [3.8, 4) is 5.75 Å². The molecule has 108 valence electrons. The standard InChI is InChI=1S/C15H13ClN2O2S/c1-9-6-7-12(13(19)8-9)17-15(21)18-14(20)10-4-2-3-5-11(10)16/h2-8,19H,1H3,(H2,17,18,20,21). The highest BCUT2D eigenvalue weighted by molar-refractivity contribution is 7.80. The number of anilines is 1. The van der Waals surface area contributed by atoms with Crippen LogP contribution in [-0.2, 0) is 0 Å². The van der Waals surface area contributed by atoms with Crippen molar-refractivity contribution in [3.63, 3.8) is 0 Å². The minimum absolute atomic E-state index is 0.0596. The molecule has 6 heteroatoms. The number of halogens is 1. The highest BCUT2D eigenvalue weighted by Crippen LogP contribution is 2.23. The quantitative estimate of drug-likeness (QED) is 0.585. The summed E-state index contributed by atoms with van der Waals surface area (Å²) < 4.78 is 0. The lowest BCUT2D eigenvalue weighted by atomic mass is 10.2. The van der Waals surface area contributed by atoms with Gasteiger partial charge in [0.15, 0.2) is 5.11 Å².